The van der Waals surface area contributed by atoms with Gasteiger partial charge >= 0.3 is 0 Å². The zero-order valence-corrected chi connectivity index (χ0v) is 13.5. The summed E-state index contributed by atoms with van der Waals surface area (Å²) >= 11 is 6.07. The Morgan fingerprint density at radius 2 is 2.05 bits per heavy atom. The lowest BCUT2D eigenvalue weighted by molar-refractivity contribution is 0.251. The zero-order valence-electron chi connectivity index (χ0n) is 12.7. The van der Waals surface area contributed by atoms with Gasteiger partial charge in [-0.3, -0.25) is 4.90 Å². The first-order valence-corrected chi connectivity index (χ1v) is 8.23. The van der Waals surface area contributed by atoms with Crippen molar-refractivity contribution < 1.29 is 0 Å². The first-order valence-electron chi connectivity index (χ1n) is 7.86. The number of nitrogens with one attached hydrogen (secondary N) is 1. The maximum Gasteiger partial charge on any atom is 0.0409 e. The fourth-order valence-corrected chi connectivity index (χ4v) is 3.17. The number of hydrogen-bond acceptors (Lipinski definition) is 2. The minimum Gasteiger partial charge on any atom is -0.313 e. The largest absolute Gasteiger partial charge is 0.313 e. The third-order valence-corrected chi connectivity index (χ3v) is 4.73. The molecule has 0 amide bonds. The summed E-state index contributed by atoms with van der Waals surface area (Å²) in [6.45, 7) is 4.39. The van der Waals surface area contributed by atoms with E-state index in [0.29, 0.717) is 6.04 Å². The summed E-state index contributed by atoms with van der Waals surface area (Å²) in [7, 11) is 2.19. The van der Waals surface area contributed by atoms with Gasteiger partial charge in [0.15, 0.2) is 0 Å². The Hall–Kier alpha value is -0.570. The first kappa shape index (κ1) is 15.8. The Balaban J connectivity index is 1.74. The Bertz CT molecular complexity index is 402. The molecule has 0 spiro atoms. The Morgan fingerprint density at radius 3 is 2.75 bits per heavy atom. The van der Waals surface area contributed by atoms with Crippen molar-refractivity contribution in [3.05, 3.63) is 34.9 Å². The van der Waals surface area contributed by atoms with Crippen molar-refractivity contribution in [3.63, 3.8) is 0 Å². The van der Waals surface area contributed by atoms with Gasteiger partial charge in [0.25, 0.3) is 0 Å². The van der Waals surface area contributed by atoms with Gasteiger partial charge in [0.2, 0.25) is 0 Å². The standard InChI is InChI=1S/C17H27ClN2/c1-14(15-7-6-8-16(18)13-15)20(2)12-11-19-17-9-4-3-5-10-17/h6-8,13-14,17,19H,3-5,9-12H2,1-2H3. The van der Waals surface area contributed by atoms with Crippen LogP contribution in [0.25, 0.3) is 0 Å². The average molecular weight is 295 g/mol. The van der Waals surface area contributed by atoms with Crippen LogP contribution in [0.4, 0.5) is 0 Å². The Morgan fingerprint density at radius 1 is 1.30 bits per heavy atom. The molecule has 2 nitrogen and oxygen atoms in total. The molecule has 3 heteroatoms. The van der Waals surface area contributed by atoms with Crippen LogP contribution in [-0.2, 0) is 0 Å². The predicted octanol–water partition coefficient (Wildman–Crippen LogP) is 4.26. The maximum atomic E-state index is 6.07. The van der Waals surface area contributed by atoms with Crippen LogP contribution >= 0.6 is 11.6 Å². The fourth-order valence-electron chi connectivity index (χ4n) is 2.97. The van der Waals surface area contributed by atoms with Crippen molar-refractivity contribution in [1.29, 1.82) is 0 Å². The van der Waals surface area contributed by atoms with E-state index in [1.807, 2.05) is 12.1 Å². The Kier molecular flexibility index (Phi) is 6.34. The molecule has 0 saturated heterocycles. The highest BCUT2D eigenvalue weighted by Crippen LogP contribution is 2.21. The van der Waals surface area contributed by atoms with Crippen LogP contribution < -0.4 is 5.32 Å². The molecule has 1 aliphatic rings. The van der Waals surface area contributed by atoms with E-state index < -0.39 is 0 Å². The van der Waals surface area contributed by atoms with E-state index in [-0.39, 0.29) is 0 Å². The zero-order chi connectivity index (χ0) is 14.4. The molecule has 20 heavy (non-hydrogen) atoms. The number of halogens is 1. The lowest BCUT2D eigenvalue weighted by atomic mass is 9.95. The molecule has 1 fully saturated rings. The van der Waals surface area contributed by atoms with Crippen LogP contribution in [0.15, 0.2) is 24.3 Å². The minimum absolute atomic E-state index is 0.404. The predicted molar refractivity (Wildman–Crippen MR) is 87.4 cm³/mol. The molecular formula is C17H27ClN2. The van der Waals surface area contributed by atoms with Crippen molar-refractivity contribution >= 4 is 11.6 Å². The van der Waals surface area contributed by atoms with Gasteiger partial charge in [0.05, 0.1) is 0 Å². The van der Waals surface area contributed by atoms with Gasteiger partial charge in [-0.15, -0.1) is 0 Å². The summed E-state index contributed by atoms with van der Waals surface area (Å²) in [6.07, 6.45) is 6.92. The average Bonchev–Trinajstić information content (AvgIpc) is 2.47. The van der Waals surface area contributed by atoms with Gasteiger partial charge in [-0.05, 0) is 44.5 Å². The molecule has 0 aromatic heterocycles. The molecule has 112 valence electrons. The van der Waals surface area contributed by atoms with E-state index >= 15 is 0 Å². The van der Waals surface area contributed by atoms with Crippen molar-refractivity contribution in [1.82, 2.24) is 10.2 Å². The molecule has 0 bridgehead atoms. The second kappa shape index (κ2) is 8.02. The number of rotatable bonds is 6. The van der Waals surface area contributed by atoms with Crippen LogP contribution in [-0.4, -0.2) is 31.1 Å². The molecule has 2 rings (SSSR count). The lowest BCUT2D eigenvalue weighted by Gasteiger charge is -2.28. The topological polar surface area (TPSA) is 15.3 Å². The van der Waals surface area contributed by atoms with Gasteiger partial charge in [-0.2, -0.15) is 0 Å². The number of nitrogens with zero attached hydrogens (tertiary/aromatic N) is 1. The molecule has 1 atom stereocenters. The molecule has 1 unspecified atom stereocenters. The fraction of sp³-hybridized carbons (Fsp3) is 0.647. The molecule has 1 aliphatic carbocycles. The third kappa shape index (κ3) is 4.76. The molecule has 1 saturated carbocycles. The normalized spacial score (nSPS) is 18.4. The monoisotopic (exact) mass is 294 g/mol. The third-order valence-electron chi connectivity index (χ3n) is 4.49. The molecule has 1 aromatic rings. The smallest absolute Gasteiger partial charge is 0.0409 e. The number of likely N-dealkylation sites (N-methyl/N-ethyl adjacent to an activating group) is 1. The molecule has 0 aliphatic heterocycles. The highest BCUT2D eigenvalue weighted by Gasteiger charge is 2.14. The van der Waals surface area contributed by atoms with Crippen LogP contribution in [0.5, 0.6) is 0 Å². The Labute approximate surface area is 128 Å². The lowest BCUT2D eigenvalue weighted by Crippen LogP contribution is -2.37. The van der Waals surface area contributed by atoms with Crippen LogP contribution in [0, 0.1) is 0 Å². The number of benzene rings is 1. The van der Waals surface area contributed by atoms with Crippen molar-refractivity contribution in [3.8, 4) is 0 Å². The van der Waals surface area contributed by atoms with Crippen LogP contribution in [0.1, 0.15) is 50.6 Å². The van der Waals surface area contributed by atoms with E-state index in [0.717, 1.165) is 24.2 Å². The van der Waals surface area contributed by atoms with Gasteiger partial charge in [0.1, 0.15) is 0 Å². The molecular weight excluding hydrogens is 268 g/mol. The quantitative estimate of drug-likeness (QED) is 0.843. The van der Waals surface area contributed by atoms with E-state index in [1.54, 1.807) is 0 Å². The van der Waals surface area contributed by atoms with E-state index in [9.17, 15) is 0 Å². The summed E-state index contributed by atoms with van der Waals surface area (Å²) in [5, 5.41) is 4.52. The van der Waals surface area contributed by atoms with Crippen molar-refractivity contribution in [2.24, 2.45) is 0 Å². The SMILES string of the molecule is CC(c1cccc(Cl)c1)N(C)CCNC1CCCCC1. The van der Waals surface area contributed by atoms with E-state index in [4.69, 9.17) is 11.6 Å². The number of hydrogen-bond donors (Lipinski definition) is 1. The maximum absolute atomic E-state index is 6.07. The van der Waals surface area contributed by atoms with Gasteiger partial charge < -0.3 is 5.32 Å². The van der Waals surface area contributed by atoms with Gasteiger partial charge in [-0.25, -0.2) is 0 Å². The summed E-state index contributed by atoms with van der Waals surface area (Å²) in [4.78, 5) is 2.39. The van der Waals surface area contributed by atoms with E-state index in [2.05, 4.69) is 36.3 Å². The van der Waals surface area contributed by atoms with Crippen LogP contribution in [0.3, 0.4) is 0 Å². The molecule has 1 N–H and O–H groups in total. The summed E-state index contributed by atoms with van der Waals surface area (Å²) < 4.78 is 0. The van der Waals surface area contributed by atoms with Gasteiger partial charge in [-0.1, -0.05) is 43.0 Å². The highest BCUT2D eigenvalue weighted by molar-refractivity contribution is 6.30. The van der Waals surface area contributed by atoms with Crippen LogP contribution in [0.2, 0.25) is 5.02 Å². The minimum atomic E-state index is 0.404. The molecule has 0 heterocycles. The molecule has 1 aromatic carbocycles. The van der Waals surface area contributed by atoms with Crippen molar-refractivity contribution in [2.45, 2.75) is 51.1 Å². The van der Waals surface area contributed by atoms with E-state index in [1.165, 1.54) is 37.7 Å². The van der Waals surface area contributed by atoms with Gasteiger partial charge in [0, 0.05) is 30.2 Å². The van der Waals surface area contributed by atoms with Crippen molar-refractivity contribution in [2.75, 3.05) is 20.1 Å². The summed E-state index contributed by atoms with van der Waals surface area (Å²) in [6, 6.07) is 9.34. The first-order chi connectivity index (χ1) is 9.66. The molecule has 0 radical (unpaired) electrons. The second-order valence-electron chi connectivity index (χ2n) is 6.00. The summed E-state index contributed by atoms with van der Waals surface area (Å²) in [5.41, 5.74) is 1.29. The second-order valence-corrected chi connectivity index (χ2v) is 6.44. The highest BCUT2D eigenvalue weighted by atomic mass is 35.5. The summed E-state index contributed by atoms with van der Waals surface area (Å²) in [5.74, 6) is 0.